The fourth-order valence-electron chi connectivity index (χ4n) is 4.46. The maximum absolute atomic E-state index is 2.34. The number of fused-ring (bicyclic) bond motifs is 2. The molecule has 0 amide bonds. The van der Waals surface area contributed by atoms with Gasteiger partial charge < -0.3 is 0 Å². The van der Waals surface area contributed by atoms with E-state index in [4.69, 9.17) is 0 Å². The Morgan fingerprint density at radius 2 is 0.742 bits per heavy atom. The van der Waals surface area contributed by atoms with Crippen LogP contribution in [0.3, 0.4) is 0 Å². The van der Waals surface area contributed by atoms with Crippen molar-refractivity contribution in [2.45, 2.75) is 70.9 Å². The molecular formula is C29H36N2+2. The fourth-order valence-corrected chi connectivity index (χ4v) is 4.46. The summed E-state index contributed by atoms with van der Waals surface area (Å²) in [4.78, 5) is 0. The van der Waals surface area contributed by atoms with E-state index in [-0.39, 0.29) is 0 Å². The number of benzene rings is 2. The number of pyridine rings is 2. The first kappa shape index (κ1) is 21.5. The van der Waals surface area contributed by atoms with Crippen LogP contribution in [0.5, 0.6) is 0 Å². The normalized spacial score (nSPS) is 11.4. The molecule has 4 rings (SSSR count). The largest absolute Gasteiger partial charge is 0.205 e. The Morgan fingerprint density at radius 3 is 1.16 bits per heavy atom. The van der Waals surface area contributed by atoms with Crippen molar-refractivity contribution in [1.82, 2.24) is 0 Å². The first-order chi connectivity index (χ1) is 15.4. The number of aromatic nitrogens is 2. The number of nitrogens with zero attached hydrogens (tertiary/aromatic N) is 2. The Hall–Kier alpha value is -2.74. The molecule has 160 valence electrons. The zero-order valence-electron chi connectivity index (χ0n) is 18.8. The Bertz CT molecular complexity index is 999. The smallest absolute Gasteiger partial charge is 0.176 e. The van der Waals surface area contributed by atoms with Gasteiger partial charge in [0.05, 0.1) is 0 Å². The van der Waals surface area contributed by atoms with Crippen molar-refractivity contribution in [3.63, 3.8) is 0 Å². The summed E-state index contributed by atoms with van der Waals surface area (Å²) >= 11 is 0. The Morgan fingerprint density at radius 1 is 0.387 bits per heavy atom. The molecule has 0 bridgehead atoms. The van der Waals surface area contributed by atoms with Gasteiger partial charge in [-0.3, -0.25) is 0 Å². The number of hydrogen-bond acceptors (Lipinski definition) is 0. The lowest BCUT2D eigenvalue weighted by Crippen LogP contribution is -2.32. The Kier molecular flexibility index (Phi) is 8.04. The lowest BCUT2D eigenvalue weighted by molar-refractivity contribution is -0.696. The molecule has 2 aromatic carbocycles. The first-order valence-electron chi connectivity index (χ1n) is 12.1. The Labute approximate surface area is 187 Å². The van der Waals surface area contributed by atoms with E-state index in [1.54, 1.807) is 0 Å². The van der Waals surface area contributed by atoms with Crippen LogP contribution in [0.4, 0.5) is 0 Å². The monoisotopic (exact) mass is 412 g/mol. The molecule has 0 aliphatic heterocycles. The molecule has 0 unspecified atom stereocenters. The predicted molar refractivity (Wildman–Crippen MR) is 130 cm³/mol. The van der Waals surface area contributed by atoms with Crippen molar-refractivity contribution in [3.05, 3.63) is 85.5 Å². The van der Waals surface area contributed by atoms with E-state index in [0.717, 1.165) is 13.1 Å². The van der Waals surface area contributed by atoms with Crippen LogP contribution in [0.1, 0.15) is 57.8 Å². The maximum Gasteiger partial charge on any atom is 0.176 e. The van der Waals surface area contributed by atoms with Crippen LogP contribution < -0.4 is 9.13 Å². The van der Waals surface area contributed by atoms with Crippen molar-refractivity contribution in [2.24, 2.45) is 0 Å². The first-order valence-corrected chi connectivity index (χ1v) is 12.1. The number of hydrogen-bond donors (Lipinski definition) is 0. The van der Waals surface area contributed by atoms with E-state index in [1.165, 1.54) is 79.3 Å². The second-order valence-corrected chi connectivity index (χ2v) is 8.81. The number of rotatable bonds is 12. The zero-order chi connectivity index (χ0) is 21.1. The van der Waals surface area contributed by atoms with E-state index in [2.05, 4.69) is 94.6 Å². The van der Waals surface area contributed by atoms with Gasteiger partial charge in [-0.1, -0.05) is 68.5 Å². The molecule has 0 fully saturated rings. The minimum Gasteiger partial charge on any atom is -0.205 e. The second-order valence-electron chi connectivity index (χ2n) is 8.81. The molecule has 2 heteroatoms. The minimum absolute atomic E-state index is 1.14. The average Bonchev–Trinajstić information content (AvgIpc) is 2.82. The number of unbranched alkanes of at least 4 members (excludes halogenated alkanes) is 8. The molecule has 0 radical (unpaired) electrons. The molecule has 0 saturated heterocycles. The van der Waals surface area contributed by atoms with Crippen LogP contribution in [0.2, 0.25) is 0 Å². The fraction of sp³-hybridized carbons (Fsp3) is 0.379. The van der Waals surface area contributed by atoms with E-state index < -0.39 is 0 Å². The number of aryl methyl sites for hydroxylation is 2. The summed E-state index contributed by atoms with van der Waals surface area (Å²) in [6.07, 6.45) is 21.2. The van der Waals surface area contributed by atoms with Gasteiger partial charge in [0, 0.05) is 35.7 Å². The van der Waals surface area contributed by atoms with Gasteiger partial charge in [-0.15, -0.1) is 0 Å². The van der Waals surface area contributed by atoms with Gasteiger partial charge in [-0.2, -0.15) is 0 Å². The van der Waals surface area contributed by atoms with E-state index >= 15 is 0 Å². The quantitative estimate of drug-likeness (QED) is 0.179. The molecule has 0 aliphatic carbocycles. The predicted octanol–water partition coefficient (Wildman–Crippen LogP) is 6.78. The molecule has 0 spiro atoms. The van der Waals surface area contributed by atoms with Gasteiger partial charge in [-0.05, 0) is 35.7 Å². The van der Waals surface area contributed by atoms with Crippen molar-refractivity contribution in [2.75, 3.05) is 0 Å². The van der Waals surface area contributed by atoms with Crippen LogP contribution in [0, 0.1) is 0 Å². The zero-order valence-corrected chi connectivity index (χ0v) is 18.8. The van der Waals surface area contributed by atoms with E-state index in [1.807, 2.05) is 0 Å². The summed E-state index contributed by atoms with van der Waals surface area (Å²) in [5.74, 6) is 0. The van der Waals surface area contributed by atoms with Crippen molar-refractivity contribution >= 4 is 21.5 Å². The minimum atomic E-state index is 1.14. The molecule has 0 atom stereocenters. The van der Waals surface area contributed by atoms with Crippen LogP contribution in [0.15, 0.2) is 85.5 Å². The van der Waals surface area contributed by atoms with Gasteiger partial charge in [-0.25, -0.2) is 9.13 Å². The third-order valence-electron chi connectivity index (χ3n) is 6.33. The van der Waals surface area contributed by atoms with E-state index in [0.29, 0.717) is 0 Å². The topological polar surface area (TPSA) is 7.76 Å². The lowest BCUT2D eigenvalue weighted by atomic mass is 10.1. The van der Waals surface area contributed by atoms with Crippen LogP contribution in [0.25, 0.3) is 21.5 Å². The van der Waals surface area contributed by atoms with Crippen LogP contribution >= 0.6 is 0 Å². The molecule has 2 aromatic heterocycles. The summed E-state index contributed by atoms with van der Waals surface area (Å²) in [6.45, 7) is 2.27. The third kappa shape index (κ3) is 6.62. The third-order valence-corrected chi connectivity index (χ3v) is 6.33. The molecular weight excluding hydrogens is 376 g/mol. The molecule has 4 aromatic rings. The highest BCUT2D eigenvalue weighted by molar-refractivity contribution is 5.80. The Balaban J connectivity index is 1.02. The summed E-state index contributed by atoms with van der Waals surface area (Å²) < 4.78 is 4.69. The SMILES string of the molecule is c1ccc2c[n+](CCCCCCCCCCC[n+]3ccc4ccccc4c3)ccc2c1. The highest BCUT2D eigenvalue weighted by Gasteiger charge is 2.04. The molecule has 0 saturated carbocycles. The molecule has 0 aliphatic rings. The van der Waals surface area contributed by atoms with Gasteiger partial charge >= 0.3 is 0 Å². The van der Waals surface area contributed by atoms with Crippen molar-refractivity contribution in [1.29, 1.82) is 0 Å². The standard InChI is InChI=1S/C29H36N2/c1(2-4-6-12-20-30-22-18-26-14-8-10-16-28(26)24-30)3-5-7-13-21-31-23-19-27-15-9-11-17-29(27)25-31/h8-11,14-19,22-25H,1-7,12-13,20-21H2/q+2. The van der Waals surface area contributed by atoms with Gasteiger partial charge in [0.25, 0.3) is 0 Å². The second kappa shape index (κ2) is 11.6. The molecule has 2 heterocycles. The summed E-state index contributed by atoms with van der Waals surface area (Å²) in [5, 5.41) is 5.33. The highest BCUT2D eigenvalue weighted by Crippen LogP contribution is 2.12. The van der Waals surface area contributed by atoms with Gasteiger partial charge in [0.15, 0.2) is 24.8 Å². The van der Waals surface area contributed by atoms with Crippen molar-refractivity contribution in [3.8, 4) is 0 Å². The van der Waals surface area contributed by atoms with E-state index in [9.17, 15) is 0 Å². The summed E-state index contributed by atoms with van der Waals surface area (Å²) in [6, 6.07) is 21.7. The highest BCUT2D eigenvalue weighted by atomic mass is 14.9. The van der Waals surface area contributed by atoms with Crippen LogP contribution in [-0.2, 0) is 13.1 Å². The maximum atomic E-state index is 2.34. The molecule has 0 N–H and O–H groups in total. The van der Waals surface area contributed by atoms with Crippen molar-refractivity contribution < 1.29 is 9.13 Å². The lowest BCUT2D eigenvalue weighted by Gasteiger charge is -2.02. The summed E-state index contributed by atoms with van der Waals surface area (Å²) in [5.41, 5.74) is 0. The molecule has 2 nitrogen and oxygen atoms in total. The molecule has 31 heavy (non-hydrogen) atoms. The van der Waals surface area contributed by atoms with Gasteiger partial charge in [0.2, 0.25) is 0 Å². The van der Waals surface area contributed by atoms with Crippen LogP contribution in [-0.4, -0.2) is 0 Å². The van der Waals surface area contributed by atoms with Gasteiger partial charge in [0.1, 0.15) is 13.1 Å². The summed E-state index contributed by atoms with van der Waals surface area (Å²) in [7, 11) is 0. The average molecular weight is 413 g/mol.